The predicted octanol–water partition coefficient (Wildman–Crippen LogP) is 1.54. The molecule has 0 bridgehead atoms. The van der Waals surface area contributed by atoms with Gasteiger partial charge in [-0.2, -0.15) is 13.2 Å². The van der Waals surface area contributed by atoms with Crippen molar-refractivity contribution in [3.63, 3.8) is 0 Å². The van der Waals surface area contributed by atoms with Gasteiger partial charge in [0.05, 0.1) is 5.56 Å². The molecule has 4 nitrogen and oxygen atoms in total. The van der Waals surface area contributed by atoms with E-state index in [4.69, 9.17) is 0 Å². The molecule has 0 atom stereocenters. The van der Waals surface area contributed by atoms with Crippen LogP contribution >= 0.6 is 0 Å². The zero-order valence-corrected chi connectivity index (χ0v) is 9.75. The first-order valence-electron chi connectivity index (χ1n) is 5.27. The summed E-state index contributed by atoms with van der Waals surface area (Å²) in [6, 6.07) is 0. The monoisotopic (exact) mass is 248 g/mol. The van der Waals surface area contributed by atoms with Gasteiger partial charge < -0.3 is 10.2 Å². The molecule has 0 aliphatic carbocycles. The summed E-state index contributed by atoms with van der Waals surface area (Å²) >= 11 is 0. The van der Waals surface area contributed by atoms with E-state index in [1.165, 1.54) is 0 Å². The molecule has 0 aromatic carbocycles. The van der Waals surface area contributed by atoms with Gasteiger partial charge in [-0.3, -0.25) is 0 Å². The molecule has 17 heavy (non-hydrogen) atoms. The summed E-state index contributed by atoms with van der Waals surface area (Å²) < 4.78 is 36.9. The highest BCUT2D eigenvalue weighted by Gasteiger charge is 2.31. The first kappa shape index (κ1) is 13.7. The molecular formula is C10H15F3N4. The summed E-state index contributed by atoms with van der Waals surface area (Å²) in [5.41, 5.74) is -0.828. The van der Waals surface area contributed by atoms with Gasteiger partial charge >= 0.3 is 6.18 Å². The lowest BCUT2D eigenvalue weighted by Gasteiger charge is -2.20. The van der Waals surface area contributed by atoms with E-state index in [2.05, 4.69) is 15.3 Å². The minimum Gasteiger partial charge on any atom is -0.340 e. The van der Waals surface area contributed by atoms with Crippen molar-refractivity contribution in [1.29, 1.82) is 0 Å². The average molecular weight is 248 g/mol. The average Bonchev–Trinajstić information content (AvgIpc) is 2.29. The summed E-state index contributed by atoms with van der Waals surface area (Å²) in [5.74, 6) is 0.316. The topological polar surface area (TPSA) is 41.0 Å². The van der Waals surface area contributed by atoms with E-state index < -0.39 is 11.7 Å². The number of hydrogen-bond acceptors (Lipinski definition) is 4. The highest BCUT2D eigenvalue weighted by atomic mass is 19.4. The van der Waals surface area contributed by atoms with Crippen molar-refractivity contribution in [2.24, 2.45) is 0 Å². The highest BCUT2D eigenvalue weighted by Crippen LogP contribution is 2.28. The highest BCUT2D eigenvalue weighted by molar-refractivity contribution is 5.30. The van der Waals surface area contributed by atoms with Crippen molar-refractivity contribution < 1.29 is 13.2 Å². The molecule has 1 aromatic heterocycles. The van der Waals surface area contributed by atoms with Crippen molar-refractivity contribution in [3.05, 3.63) is 18.0 Å². The van der Waals surface area contributed by atoms with Crippen molar-refractivity contribution >= 4 is 5.95 Å². The Bertz CT molecular complexity index is 336. The van der Waals surface area contributed by atoms with Crippen LogP contribution in [0.2, 0.25) is 0 Å². The normalized spacial score (nSPS) is 11.6. The Labute approximate surface area is 97.9 Å². The van der Waals surface area contributed by atoms with E-state index in [0.717, 1.165) is 18.9 Å². The van der Waals surface area contributed by atoms with Gasteiger partial charge in [-0.15, -0.1) is 0 Å². The zero-order chi connectivity index (χ0) is 12.9. The van der Waals surface area contributed by atoms with Crippen molar-refractivity contribution in [3.8, 4) is 0 Å². The van der Waals surface area contributed by atoms with Crippen molar-refractivity contribution in [1.82, 2.24) is 15.3 Å². The molecular weight excluding hydrogens is 233 g/mol. The van der Waals surface area contributed by atoms with E-state index in [9.17, 15) is 13.2 Å². The number of alkyl halides is 3. The molecule has 1 heterocycles. The summed E-state index contributed by atoms with van der Waals surface area (Å²) in [6.07, 6.45) is -2.77. The van der Waals surface area contributed by atoms with E-state index in [0.29, 0.717) is 19.0 Å². The number of nitrogens with one attached hydrogen (secondary N) is 1. The van der Waals surface area contributed by atoms with Crippen LogP contribution in [0.5, 0.6) is 0 Å². The van der Waals surface area contributed by atoms with E-state index in [1.807, 2.05) is 6.92 Å². The quantitative estimate of drug-likeness (QED) is 0.858. The van der Waals surface area contributed by atoms with Crippen LogP contribution in [0.4, 0.5) is 19.1 Å². The summed E-state index contributed by atoms with van der Waals surface area (Å²) in [6.45, 7) is 3.92. The summed E-state index contributed by atoms with van der Waals surface area (Å²) in [4.78, 5) is 9.27. The van der Waals surface area contributed by atoms with Gasteiger partial charge in [0.25, 0.3) is 0 Å². The molecule has 0 amide bonds. The molecule has 0 unspecified atom stereocenters. The van der Waals surface area contributed by atoms with Crippen molar-refractivity contribution in [2.45, 2.75) is 13.1 Å². The number of aromatic nitrogens is 2. The molecule has 0 aliphatic rings. The minimum absolute atomic E-state index is 0.316. The maximum Gasteiger partial charge on any atom is 0.419 e. The predicted molar refractivity (Wildman–Crippen MR) is 58.8 cm³/mol. The van der Waals surface area contributed by atoms with Crippen LogP contribution < -0.4 is 10.2 Å². The molecule has 1 rings (SSSR count). The lowest BCUT2D eigenvalue weighted by atomic mass is 10.3. The summed E-state index contributed by atoms with van der Waals surface area (Å²) in [5, 5.41) is 2.96. The van der Waals surface area contributed by atoms with Gasteiger partial charge in [0, 0.05) is 32.0 Å². The lowest BCUT2D eigenvalue weighted by molar-refractivity contribution is -0.138. The molecule has 0 aliphatic heterocycles. The number of rotatable bonds is 5. The third-order valence-corrected chi connectivity index (χ3v) is 2.26. The van der Waals surface area contributed by atoms with Crippen LogP contribution in [0.3, 0.4) is 0 Å². The van der Waals surface area contributed by atoms with Crippen LogP contribution in [-0.4, -0.2) is 36.6 Å². The molecule has 1 aromatic rings. The first-order chi connectivity index (χ1) is 7.99. The molecule has 0 saturated carbocycles. The maximum absolute atomic E-state index is 12.3. The first-order valence-corrected chi connectivity index (χ1v) is 5.27. The smallest absolute Gasteiger partial charge is 0.340 e. The SMILES string of the molecule is CCN(CCNC)c1ncc(C(F)(F)F)cn1. The van der Waals surface area contributed by atoms with E-state index >= 15 is 0 Å². The Balaban J connectivity index is 2.78. The fourth-order valence-electron chi connectivity index (χ4n) is 1.28. The van der Waals surface area contributed by atoms with E-state index in [-0.39, 0.29) is 0 Å². The second kappa shape index (κ2) is 5.81. The van der Waals surface area contributed by atoms with Crippen LogP contribution in [0, 0.1) is 0 Å². The largest absolute Gasteiger partial charge is 0.419 e. The third kappa shape index (κ3) is 3.85. The van der Waals surface area contributed by atoms with Crippen LogP contribution in [0.25, 0.3) is 0 Å². The Morgan fingerprint density at radius 1 is 1.29 bits per heavy atom. The van der Waals surface area contributed by atoms with Crippen molar-refractivity contribution in [2.75, 3.05) is 31.6 Å². The lowest BCUT2D eigenvalue weighted by Crippen LogP contribution is -2.32. The van der Waals surface area contributed by atoms with Gasteiger partial charge in [-0.1, -0.05) is 0 Å². The minimum atomic E-state index is -4.39. The van der Waals surface area contributed by atoms with Crippen LogP contribution in [0.15, 0.2) is 12.4 Å². The fourth-order valence-corrected chi connectivity index (χ4v) is 1.28. The van der Waals surface area contributed by atoms with Crippen LogP contribution in [0.1, 0.15) is 12.5 Å². The molecule has 7 heteroatoms. The Morgan fingerprint density at radius 3 is 2.29 bits per heavy atom. The van der Waals surface area contributed by atoms with Gasteiger partial charge in [-0.05, 0) is 14.0 Å². The fraction of sp³-hybridized carbons (Fsp3) is 0.600. The number of halogens is 3. The molecule has 0 spiro atoms. The molecule has 0 fully saturated rings. The zero-order valence-electron chi connectivity index (χ0n) is 9.75. The second-order valence-corrected chi connectivity index (χ2v) is 3.45. The van der Waals surface area contributed by atoms with Crippen LogP contribution in [-0.2, 0) is 6.18 Å². The third-order valence-electron chi connectivity index (χ3n) is 2.26. The van der Waals surface area contributed by atoms with Gasteiger partial charge in [0.15, 0.2) is 0 Å². The number of likely N-dealkylation sites (N-methyl/N-ethyl adjacent to an activating group) is 2. The molecule has 1 N–H and O–H groups in total. The van der Waals surface area contributed by atoms with Gasteiger partial charge in [0.1, 0.15) is 0 Å². The molecule has 0 saturated heterocycles. The standard InChI is InChI=1S/C10H15F3N4/c1-3-17(5-4-14-2)9-15-6-8(7-16-9)10(11,12)13/h6-7,14H,3-5H2,1-2H3. The number of nitrogens with zero attached hydrogens (tertiary/aromatic N) is 3. The van der Waals surface area contributed by atoms with Gasteiger partial charge in [-0.25, -0.2) is 9.97 Å². The van der Waals surface area contributed by atoms with E-state index in [1.54, 1.807) is 11.9 Å². The Morgan fingerprint density at radius 2 is 1.88 bits per heavy atom. The number of anilines is 1. The molecule has 96 valence electrons. The van der Waals surface area contributed by atoms with Gasteiger partial charge in [0.2, 0.25) is 5.95 Å². The molecule has 0 radical (unpaired) electrons. The summed E-state index contributed by atoms with van der Waals surface area (Å²) in [7, 11) is 1.81. The maximum atomic E-state index is 12.3. The Hall–Kier alpha value is -1.37. The second-order valence-electron chi connectivity index (χ2n) is 3.45. The number of hydrogen-bond donors (Lipinski definition) is 1. The Kier molecular flexibility index (Phi) is 4.68.